The Labute approximate surface area is 82.0 Å². The highest BCUT2D eigenvalue weighted by molar-refractivity contribution is 7.15. The van der Waals surface area contributed by atoms with E-state index < -0.39 is 0 Å². The Balaban J connectivity index is 2.03. The lowest BCUT2D eigenvalue weighted by atomic mass is 9.85. The summed E-state index contributed by atoms with van der Waals surface area (Å²) in [6.07, 6.45) is 1.76. The van der Waals surface area contributed by atoms with Crippen LogP contribution in [0.5, 0.6) is 0 Å². The van der Waals surface area contributed by atoms with Crippen molar-refractivity contribution in [2.45, 2.75) is 20.5 Å². The Bertz CT molecular complexity index is 300. The fourth-order valence-corrected chi connectivity index (χ4v) is 2.41. The summed E-state index contributed by atoms with van der Waals surface area (Å²) in [6, 6.07) is 0. The van der Waals surface area contributed by atoms with Crippen molar-refractivity contribution in [3.05, 3.63) is 11.1 Å². The predicted octanol–water partition coefficient (Wildman–Crippen LogP) is 1.48. The van der Waals surface area contributed by atoms with Gasteiger partial charge in [-0.1, -0.05) is 25.2 Å². The summed E-state index contributed by atoms with van der Waals surface area (Å²) in [4.78, 5) is 7.46. The van der Waals surface area contributed by atoms with E-state index in [1.54, 1.807) is 17.5 Å². The van der Waals surface area contributed by atoms with E-state index in [4.69, 9.17) is 5.11 Å². The number of anilines is 1. The van der Waals surface area contributed by atoms with Gasteiger partial charge in [-0.2, -0.15) is 0 Å². The van der Waals surface area contributed by atoms with Gasteiger partial charge in [0, 0.05) is 19.3 Å². The molecule has 0 amide bonds. The minimum atomic E-state index is 0.106. The van der Waals surface area contributed by atoms with Gasteiger partial charge in [0.2, 0.25) is 0 Å². The van der Waals surface area contributed by atoms with Crippen LogP contribution in [-0.2, 0) is 6.61 Å². The van der Waals surface area contributed by atoms with Crippen molar-refractivity contribution in [3.8, 4) is 0 Å². The van der Waals surface area contributed by atoms with Gasteiger partial charge >= 0.3 is 0 Å². The summed E-state index contributed by atoms with van der Waals surface area (Å²) in [5.74, 6) is 0. The molecule has 4 heteroatoms. The van der Waals surface area contributed by atoms with Crippen molar-refractivity contribution >= 4 is 16.5 Å². The maximum atomic E-state index is 8.88. The first-order valence-corrected chi connectivity index (χ1v) is 5.23. The number of hydrogen-bond donors (Lipinski definition) is 1. The van der Waals surface area contributed by atoms with E-state index >= 15 is 0 Å². The Kier molecular flexibility index (Phi) is 2.04. The van der Waals surface area contributed by atoms with Crippen molar-refractivity contribution in [1.82, 2.24) is 4.98 Å². The van der Waals surface area contributed by atoms with E-state index in [1.165, 1.54) is 0 Å². The smallest absolute Gasteiger partial charge is 0.185 e. The third kappa shape index (κ3) is 1.69. The van der Waals surface area contributed by atoms with Crippen LogP contribution in [0.2, 0.25) is 0 Å². The lowest BCUT2D eigenvalue weighted by molar-refractivity contribution is 0.276. The lowest BCUT2D eigenvalue weighted by Crippen LogP contribution is -2.53. The molecule has 2 rings (SSSR count). The minimum absolute atomic E-state index is 0.106. The molecular weight excluding hydrogens is 184 g/mol. The van der Waals surface area contributed by atoms with Gasteiger partial charge in [-0.25, -0.2) is 4.98 Å². The summed E-state index contributed by atoms with van der Waals surface area (Å²) in [6.45, 7) is 6.76. The van der Waals surface area contributed by atoms with E-state index in [-0.39, 0.29) is 6.61 Å². The molecule has 1 aliphatic heterocycles. The fourth-order valence-electron chi connectivity index (χ4n) is 1.64. The normalized spacial score (nSPS) is 20.1. The average Bonchev–Trinajstić information content (AvgIpc) is 2.47. The number of aliphatic hydroxyl groups excluding tert-OH is 1. The Morgan fingerprint density at radius 2 is 2.31 bits per heavy atom. The van der Waals surface area contributed by atoms with Crippen LogP contribution in [0.3, 0.4) is 0 Å². The van der Waals surface area contributed by atoms with Crippen LogP contribution < -0.4 is 4.90 Å². The zero-order chi connectivity index (χ0) is 9.47. The third-order valence-corrected chi connectivity index (χ3v) is 3.25. The van der Waals surface area contributed by atoms with Gasteiger partial charge in [-0.05, 0) is 5.41 Å². The van der Waals surface area contributed by atoms with E-state index in [2.05, 4.69) is 23.7 Å². The predicted molar refractivity (Wildman–Crippen MR) is 54.0 cm³/mol. The van der Waals surface area contributed by atoms with Crippen molar-refractivity contribution in [2.75, 3.05) is 18.0 Å². The lowest BCUT2D eigenvalue weighted by Gasteiger charge is -2.45. The highest BCUT2D eigenvalue weighted by Crippen LogP contribution is 2.35. The van der Waals surface area contributed by atoms with Crippen LogP contribution in [-0.4, -0.2) is 23.2 Å². The molecule has 0 radical (unpaired) electrons. The fraction of sp³-hybridized carbons (Fsp3) is 0.667. The molecule has 72 valence electrons. The van der Waals surface area contributed by atoms with Crippen LogP contribution in [0.4, 0.5) is 5.13 Å². The molecule has 1 aliphatic rings. The summed E-state index contributed by atoms with van der Waals surface area (Å²) in [7, 11) is 0. The summed E-state index contributed by atoms with van der Waals surface area (Å²) >= 11 is 1.58. The van der Waals surface area contributed by atoms with Crippen LogP contribution in [0, 0.1) is 5.41 Å². The molecule has 0 aromatic carbocycles. The Morgan fingerprint density at radius 1 is 1.62 bits per heavy atom. The summed E-state index contributed by atoms with van der Waals surface area (Å²) < 4.78 is 0. The van der Waals surface area contributed by atoms with Crippen molar-refractivity contribution in [1.29, 1.82) is 0 Å². The zero-order valence-electron chi connectivity index (χ0n) is 7.95. The number of hydrogen-bond acceptors (Lipinski definition) is 4. The molecule has 1 fully saturated rings. The molecule has 1 saturated heterocycles. The highest BCUT2D eigenvalue weighted by atomic mass is 32.1. The van der Waals surface area contributed by atoms with E-state index in [0.29, 0.717) is 5.41 Å². The maximum absolute atomic E-state index is 8.88. The number of thiazole rings is 1. The highest BCUT2D eigenvalue weighted by Gasteiger charge is 2.35. The Hall–Kier alpha value is -0.610. The first kappa shape index (κ1) is 8.97. The first-order valence-electron chi connectivity index (χ1n) is 4.41. The molecule has 1 aromatic rings. The molecule has 0 aliphatic carbocycles. The first-order chi connectivity index (χ1) is 6.11. The molecule has 0 unspecified atom stereocenters. The van der Waals surface area contributed by atoms with E-state index in [0.717, 1.165) is 23.1 Å². The molecule has 1 aromatic heterocycles. The van der Waals surface area contributed by atoms with E-state index in [9.17, 15) is 0 Å². The minimum Gasteiger partial charge on any atom is -0.391 e. The number of rotatable bonds is 2. The molecule has 0 saturated carbocycles. The second-order valence-electron chi connectivity index (χ2n) is 4.29. The largest absolute Gasteiger partial charge is 0.391 e. The van der Waals surface area contributed by atoms with Gasteiger partial charge in [-0.15, -0.1) is 0 Å². The second kappa shape index (κ2) is 2.96. The van der Waals surface area contributed by atoms with Crippen LogP contribution in [0.15, 0.2) is 6.20 Å². The standard InChI is InChI=1S/C9H14N2OS/c1-9(2)5-11(6-9)8-10-3-7(4-12)13-8/h3,12H,4-6H2,1-2H3. The third-order valence-electron chi connectivity index (χ3n) is 2.21. The summed E-state index contributed by atoms with van der Waals surface area (Å²) in [5.41, 5.74) is 0.436. The quantitative estimate of drug-likeness (QED) is 0.782. The van der Waals surface area contributed by atoms with Crippen molar-refractivity contribution in [2.24, 2.45) is 5.41 Å². The van der Waals surface area contributed by atoms with Gasteiger partial charge in [-0.3, -0.25) is 0 Å². The second-order valence-corrected chi connectivity index (χ2v) is 5.38. The molecule has 2 heterocycles. The topological polar surface area (TPSA) is 36.4 Å². The molecule has 1 N–H and O–H groups in total. The average molecular weight is 198 g/mol. The summed E-state index contributed by atoms with van der Waals surface area (Å²) in [5, 5.41) is 9.92. The maximum Gasteiger partial charge on any atom is 0.185 e. The van der Waals surface area contributed by atoms with E-state index in [1.807, 2.05) is 0 Å². The van der Waals surface area contributed by atoms with Gasteiger partial charge < -0.3 is 10.0 Å². The van der Waals surface area contributed by atoms with Crippen LogP contribution >= 0.6 is 11.3 Å². The van der Waals surface area contributed by atoms with Gasteiger partial charge in [0.15, 0.2) is 5.13 Å². The van der Waals surface area contributed by atoms with Crippen molar-refractivity contribution < 1.29 is 5.11 Å². The number of aliphatic hydroxyl groups is 1. The van der Waals surface area contributed by atoms with Crippen molar-refractivity contribution in [3.63, 3.8) is 0 Å². The van der Waals surface area contributed by atoms with Gasteiger partial charge in [0.05, 0.1) is 11.5 Å². The zero-order valence-corrected chi connectivity index (χ0v) is 8.77. The molecule has 3 nitrogen and oxygen atoms in total. The Morgan fingerprint density at radius 3 is 2.77 bits per heavy atom. The number of nitrogens with zero attached hydrogens (tertiary/aromatic N) is 2. The molecule has 0 atom stereocenters. The molecular formula is C9H14N2OS. The van der Waals surface area contributed by atoms with Crippen LogP contribution in [0.25, 0.3) is 0 Å². The molecule has 13 heavy (non-hydrogen) atoms. The molecule has 0 bridgehead atoms. The van der Waals surface area contributed by atoms with Gasteiger partial charge in [0.1, 0.15) is 0 Å². The number of aromatic nitrogens is 1. The monoisotopic (exact) mass is 198 g/mol. The van der Waals surface area contributed by atoms with Crippen LogP contribution in [0.1, 0.15) is 18.7 Å². The SMILES string of the molecule is CC1(C)CN(c2ncc(CO)s2)C1. The van der Waals surface area contributed by atoms with Gasteiger partial charge in [0.25, 0.3) is 0 Å². The molecule has 0 spiro atoms.